The molecule has 3 aromatic rings. The Morgan fingerprint density at radius 3 is 3.08 bits per heavy atom. The third-order valence-electron chi connectivity index (χ3n) is 4.64. The van der Waals surface area contributed by atoms with Gasteiger partial charge in [0.1, 0.15) is 17.4 Å². The van der Waals surface area contributed by atoms with Crippen molar-refractivity contribution in [2.45, 2.75) is 45.0 Å². The quantitative estimate of drug-likeness (QED) is 0.778. The molecule has 0 amide bonds. The molecule has 0 unspecified atom stereocenters. The Balaban J connectivity index is 1.46. The molecule has 3 heterocycles. The fourth-order valence-electron chi connectivity index (χ4n) is 3.37. The van der Waals surface area contributed by atoms with Crippen molar-refractivity contribution in [1.82, 2.24) is 15.1 Å². The summed E-state index contributed by atoms with van der Waals surface area (Å²) in [4.78, 5) is 0. The molecule has 24 heavy (non-hydrogen) atoms. The average Bonchev–Trinajstić information content (AvgIpc) is 3.26. The van der Waals surface area contributed by atoms with Crippen LogP contribution in [0.25, 0.3) is 11.0 Å². The van der Waals surface area contributed by atoms with Crippen molar-refractivity contribution in [3.05, 3.63) is 54.0 Å². The molecule has 1 aliphatic heterocycles. The van der Waals surface area contributed by atoms with E-state index in [2.05, 4.69) is 35.7 Å². The third kappa shape index (κ3) is 3.09. The summed E-state index contributed by atoms with van der Waals surface area (Å²) in [6.07, 6.45) is 6.25. The highest BCUT2D eigenvalue weighted by molar-refractivity contribution is 5.77. The Hall–Kier alpha value is -2.11. The largest absolute Gasteiger partial charge is 0.460 e. The zero-order chi connectivity index (χ0) is 16.4. The lowest BCUT2D eigenvalue weighted by Crippen LogP contribution is -2.38. The Bertz CT molecular complexity index is 775. The van der Waals surface area contributed by atoms with Crippen LogP contribution in [0.15, 0.2) is 47.1 Å². The molecule has 1 saturated heterocycles. The van der Waals surface area contributed by atoms with Crippen LogP contribution in [0, 0.1) is 0 Å². The molecule has 1 aliphatic rings. The van der Waals surface area contributed by atoms with Gasteiger partial charge in [-0.25, -0.2) is 0 Å². The Morgan fingerprint density at radius 1 is 1.33 bits per heavy atom. The zero-order valence-corrected chi connectivity index (χ0v) is 13.9. The van der Waals surface area contributed by atoms with Gasteiger partial charge in [0.25, 0.3) is 0 Å². The molecule has 1 N–H and O–H groups in total. The van der Waals surface area contributed by atoms with Crippen LogP contribution in [0.2, 0.25) is 0 Å². The number of fused-ring (bicyclic) bond motifs is 1. The van der Waals surface area contributed by atoms with E-state index in [1.807, 2.05) is 29.1 Å². The van der Waals surface area contributed by atoms with E-state index < -0.39 is 0 Å². The molecular weight excluding hydrogens is 302 g/mol. The van der Waals surface area contributed by atoms with E-state index in [0.717, 1.165) is 48.3 Å². The van der Waals surface area contributed by atoms with E-state index in [-0.39, 0.29) is 12.1 Å². The van der Waals surface area contributed by atoms with Crippen molar-refractivity contribution in [3.63, 3.8) is 0 Å². The molecule has 2 atom stereocenters. The summed E-state index contributed by atoms with van der Waals surface area (Å²) >= 11 is 0. The summed E-state index contributed by atoms with van der Waals surface area (Å²) in [5, 5.41) is 9.15. The lowest BCUT2D eigenvalue weighted by molar-refractivity contribution is -0.0116. The number of hydrogen-bond acceptors (Lipinski definition) is 4. The Labute approximate surface area is 141 Å². The van der Waals surface area contributed by atoms with Gasteiger partial charge in [-0.05, 0) is 31.9 Å². The second-order valence-corrected chi connectivity index (χ2v) is 6.30. The lowest BCUT2D eigenvalue weighted by atomic mass is 9.98. The predicted molar refractivity (Wildman–Crippen MR) is 92.7 cm³/mol. The first-order chi connectivity index (χ1) is 11.8. The summed E-state index contributed by atoms with van der Waals surface area (Å²) in [6, 6.07) is 10.5. The van der Waals surface area contributed by atoms with Gasteiger partial charge in [-0.15, -0.1) is 0 Å². The summed E-state index contributed by atoms with van der Waals surface area (Å²) in [5.74, 6) is 0.963. The summed E-state index contributed by atoms with van der Waals surface area (Å²) in [5.41, 5.74) is 2.09. The van der Waals surface area contributed by atoms with Gasteiger partial charge in [-0.2, -0.15) is 5.10 Å². The molecule has 5 nitrogen and oxygen atoms in total. The number of aromatic nitrogens is 2. The van der Waals surface area contributed by atoms with Crippen LogP contribution in [0.3, 0.4) is 0 Å². The molecule has 0 radical (unpaired) electrons. The number of furan rings is 1. The molecule has 1 fully saturated rings. The molecule has 126 valence electrons. The number of hydrogen-bond donors (Lipinski definition) is 1. The van der Waals surface area contributed by atoms with E-state index in [1.165, 1.54) is 0 Å². The minimum Gasteiger partial charge on any atom is -0.460 e. The van der Waals surface area contributed by atoms with Crippen molar-refractivity contribution < 1.29 is 9.15 Å². The van der Waals surface area contributed by atoms with Crippen molar-refractivity contribution in [2.75, 3.05) is 6.61 Å². The summed E-state index contributed by atoms with van der Waals surface area (Å²) < 4.78 is 13.9. The molecule has 2 aromatic heterocycles. The first kappa shape index (κ1) is 15.4. The van der Waals surface area contributed by atoms with E-state index in [4.69, 9.17) is 9.15 Å². The van der Waals surface area contributed by atoms with Gasteiger partial charge in [0, 0.05) is 36.3 Å². The maximum Gasteiger partial charge on any atom is 0.134 e. The first-order valence-electron chi connectivity index (χ1n) is 8.68. The van der Waals surface area contributed by atoms with Gasteiger partial charge in [0.2, 0.25) is 0 Å². The first-order valence-corrected chi connectivity index (χ1v) is 8.68. The molecule has 0 saturated carbocycles. The Kier molecular flexibility index (Phi) is 4.36. The number of aryl methyl sites for hydroxylation is 1. The maximum atomic E-state index is 6.04. The zero-order valence-electron chi connectivity index (χ0n) is 13.9. The molecule has 0 bridgehead atoms. The normalized spacial score (nSPS) is 21.4. The topological polar surface area (TPSA) is 52.2 Å². The van der Waals surface area contributed by atoms with Gasteiger partial charge in [0.05, 0.1) is 12.7 Å². The number of ether oxygens (including phenoxy) is 1. The van der Waals surface area contributed by atoms with E-state index in [1.54, 1.807) is 0 Å². The highest BCUT2D eigenvalue weighted by atomic mass is 16.5. The monoisotopic (exact) mass is 325 g/mol. The third-order valence-corrected chi connectivity index (χ3v) is 4.64. The van der Waals surface area contributed by atoms with Crippen molar-refractivity contribution in [2.24, 2.45) is 0 Å². The van der Waals surface area contributed by atoms with Crippen LogP contribution in [0.4, 0.5) is 0 Å². The molecule has 5 heteroatoms. The molecule has 1 aromatic carbocycles. The maximum absolute atomic E-state index is 6.04. The number of benzene rings is 1. The molecule has 4 rings (SSSR count). The fourth-order valence-corrected chi connectivity index (χ4v) is 3.37. The second-order valence-electron chi connectivity index (χ2n) is 6.30. The molecular formula is C19H23N3O2. The Morgan fingerprint density at radius 2 is 2.25 bits per heavy atom. The van der Waals surface area contributed by atoms with Crippen molar-refractivity contribution in [3.8, 4) is 0 Å². The minimum absolute atomic E-state index is 0.0587. The van der Waals surface area contributed by atoms with Crippen LogP contribution in [0.1, 0.15) is 37.2 Å². The van der Waals surface area contributed by atoms with Crippen molar-refractivity contribution >= 4 is 11.0 Å². The van der Waals surface area contributed by atoms with Crippen LogP contribution < -0.4 is 5.32 Å². The van der Waals surface area contributed by atoms with Gasteiger partial charge in [0.15, 0.2) is 0 Å². The predicted octanol–water partition coefficient (Wildman–Crippen LogP) is 3.66. The highest BCUT2D eigenvalue weighted by Crippen LogP contribution is 2.29. The number of nitrogens with zero attached hydrogens (tertiary/aromatic N) is 2. The summed E-state index contributed by atoms with van der Waals surface area (Å²) in [6.45, 7) is 4.49. The molecule has 0 spiro atoms. The van der Waals surface area contributed by atoms with E-state index >= 15 is 0 Å². The highest BCUT2D eigenvalue weighted by Gasteiger charge is 2.28. The van der Waals surface area contributed by atoms with Gasteiger partial charge in [-0.3, -0.25) is 4.68 Å². The van der Waals surface area contributed by atoms with Gasteiger partial charge in [-0.1, -0.05) is 18.2 Å². The standard InChI is InChI=1S/C19H23N3O2/c1-2-22-13-15(11-21-22)19-17(7-5-9-23-19)20-12-16-10-14-6-3-4-8-18(14)24-16/h3-4,6,8,10-11,13,17,19-20H,2,5,7,9,12H2,1H3/t17-,19+/m0/s1. The lowest BCUT2D eigenvalue weighted by Gasteiger charge is -2.31. The molecule has 0 aliphatic carbocycles. The van der Waals surface area contributed by atoms with Crippen LogP contribution in [-0.4, -0.2) is 22.4 Å². The van der Waals surface area contributed by atoms with Gasteiger partial charge >= 0.3 is 0 Å². The van der Waals surface area contributed by atoms with E-state index in [0.29, 0.717) is 6.54 Å². The number of para-hydroxylation sites is 1. The number of rotatable bonds is 5. The number of nitrogens with one attached hydrogen (secondary N) is 1. The second kappa shape index (κ2) is 6.79. The van der Waals surface area contributed by atoms with Crippen LogP contribution in [-0.2, 0) is 17.8 Å². The van der Waals surface area contributed by atoms with Crippen LogP contribution >= 0.6 is 0 Å². The average molecular weight is 325 g/mol. The van der Waals surface area contributed by atoms with Crippen LogP contribution in [0.5, 0.6) is 0 Å². The summed E-state index contributed by atoms with van der Waals surface area (Å²) in [7, 11) is 0. The van der Waals surface area contributed by atoms with E-state index in [9.17, 15) is 0 Å². The van der Waals surface area contributed by atoms with Crippen molar-refractivity contribution in [1.29, 1.82) is 0 Å². The minimum atomic E-state index is 0.0587. The SMILES string of the molecule is CCn1cc([C@H]2OCCC[C@@H]2NCc2cc3ccccc3o2)cn1. The fraction of sp³-hybridized carbons (Fsp3) is 0.421. The smallest absolute Gasteiger partial charge is 0.134 e. The van der Waals surface area contributed by atoms with Gasteiger partial charge < -0.3 is 14.5 Å².